The molecule has 0 aliphatic carbocycles. The molecule has 3 aromatic rings. The quantitative estimate of drug-likeness (QED) is 0.293. The van der Waals surface area contributed by atoms with Crippen LogP contribution in [0.3, 0.4) is 0 Å². The summed E-state index contributed by atoms with van der Waals surface area (Å²) in [6.07, 6.45) is -5.43. The Morgan fingerprint density at radius 3 is 2.33 bits per heavy atom. The van der Waals surface area contributed by atoms with Crippen molar-refractivity contribution >= 4 is 33.3 Å². The number of benzene rings is 3. The number of hydrogen-bond donors (Lipinski definition) is 3. The minimum atomic E-state index is -4.55. The highest BCUT2D eigenvalue weighted by Crippen LogP contribution is 2.36. The molecular weight excluding hydrogens is 620 g/mol. The number of ether oxygens (including phenoxy) is 1. The van der Waals surface area contributed by atoms with Gasteiger partial charge in [-0.05, 0) is 67.6 Å². The maximum atomic E-state index is 13.7. The third-order valence-electron chi connectivity index (χ3n) is 7.37. The molecule has 3 amide bonds. The highest BCUT2D eigenvalue weighted by atomic mass is 32.2. The zero-order chi connectivity index (χ0) is 33.1. The molecule has 0 bridgehead atoms. The van der Waals surface area contributed by atoms with Crippen LogP contribution in [0.25, 0.3) is 0 Å². The number of halogens is 4. The van der Waals surface area contributed by atoms with E-state index in [1.165, 1.54) is 30.1 Å². The van der Waals surface area contributed by atoms with E-state index in [0.29, 0.717) is 0 Å². The Morgan fingerprint density at radius 1 is 1.09 bits per heavy atom. The lowest BCUT2D eigenvalue weighted by molar-refractivity contribution is -0.137. The van der Waals surface area contributed by atoms with Crippen molar-refractivity contribution in [3.8, 4) is 5.75 Å². The van der Waals surface area contributed by atoms with Crippen LogP contribution < -0.4 is 15.4 Å². The number of sulfonamides is 1. The topological polar surface area (TPSA) is 128 Å². The predicted molar refractivity (Wildman–Crippen MR) is 158 cm³/mol. The standard InChI is InChI=1S/C30H32F4N4O6S/c1-18-15-38(19(2)17-39)28(40)24-5-4-6-25(36-29(41)35-22-11-7-20(8-12-22)30(32,33)34)27(24)44-26(18)16-37(3)45(42,43)23-13-9-21(31)10-14-23/h4-14,18-19,26,39H,15-17H2,1-3H3,(H2,35,36,41)/t18-,19+,26-/m1/s1. The third kappa shape index (κ3) is 7.72. The van der Waals surface area contributed by atoms with E-state index in [2.05, 4.69) is 10.6 Å². The monoisotopic (exact) mass is 652 g/mol. The Balaban J connectivity index is 1.65. The molecule has 4 rings (SSSR count). The average Bonchev–Trinajstić information content (AvgIpc) is 2.98. The molecule has 0 spiro atoms. The molecule has 15 heteroatoms. The summed E-state index contributed by atoms with van der Waals surface area (Å²) in [6.45, 7) is 2.92. The Bertz CT molecular complexity index is 1640. The number of alkyl halides is 3. The third-order valence-corrected chi connectivity index (χ3v) is 9.21. The normalized spacial score (nSPS) is 18.0. The van der Waals surface area contributed by atoms with Gasteiger partial charge in [0.1, 0.15) is 11.9 Å². The first-order valence-electron chi connectivity index (χ1n) is 13.8. The van der Waals surface area contributed by atoms with Crippen LogP contribution in [0.15, 0.2) is 71.6 Å². The number of aliphatic hydroxyl groups excluding tert-OH is 1. The van der Waals surface area contributed by atoms with Crippen molar-refractivity contribution in [2.75, 3.05) is 37.4 Å². The Kier molecular flexibility index (Phi) is 10.0. The number of para-hydroxylation sites is 1. The number of nitrogens with zero attached hydrogens (tertiary/aromatic N) is 2. The average molecular weight is 653 g/mol. The van der Waals surface area contributed by atoms with Gasteiger partial charge in [-0.15, -0.1) is 0 Å². The number of hydrogen-bond acceptors (Lipinski definition) is 6. The predicted octanol–water partition coefficient (Wildman–Crippen LogP) is 5.03. The van der Waals surface area contributed by atoms with Crippen molar-refractivity contribution in [2.24, 2.45) is 5.92 Å². The second-order valence-electron chi connectivity index (χ2n) is 10.7. The van der Waals surface area contributed by atoms with E-state index in [0.717, 1.165) is 52.8 Å². The van der Waals surface area contributed by atoms with Crippen molar-refractivity contribution in [1.82, 2.24) is 9.21 Å². The number of likely N-dealkylation sites (N-methyl/N-ethyl adjacent to an activating group) is 1. The van der Waals surface area contributed by atoms with E-state index in [4.69, 9.17) is 4.74 Å². The summed E-state index contributed by atoms with van der Waals surface area (Å²) in [6, 6.07) is 11.1. The number of amides is 3. The summed E-state index contributed by atoms with van der Waals surface area (Å²) in [5, 5.41) is 14.9. The minimum absolute atomic E-state index is 0.0311. The van der Waals surface area contributed by atoms with Crippen LogP contribution in [0.1, 0.15) is 29.8 Å². The van der Waals surface area contributed by atoms with Crippen LogP contribution in [0.2, 0.25) is 0 Å². The molecule has 0 unspecified atom stereocenters. The first kappa shape index (κ1) is 33.7. The van der Waals surface area contributed by atoms with Gasteiger partial charge in [-0.3, -0.25) is 4.79 Å². The van der Waals surface area contributed by atoms with Crippen LogP contribution in [-0.4, -0.2) is 73.6 Å². The van der Waals surface area contributed by atoms with Gasteiger partial charge in [0.25, 0.3) is 5.91 Å². The van der Waals surface area contributed by atoms with Gasteiger partial charge in [0.05, 0.1) is 40.9 Å². The number of urea groups is 1. The van der Waals surface area contributed by atoms with Crippen molar-refractivity contribution in [3.63, 3.8) is 0 Å². The lowest BCUT2D eigenvalue weighted by Gasteiger charge is -2.38. The van der Waals surface area contributed by atoms with Crippen molar-refractivity contribution in [1.29, 1.82) is 0 Å². The maximum Gasteiger partial charge on any atom is 0.416 e. The van der Waals surface area contributed by atoms with Gasteiger partial charge in [0.2, 0.25) is 10.0 Å². The van der Waals surface area contributed by atoms with Gasteiger partial charge >= 0.3 is 12.2 Å². The lowest BCUT2D eigenvalue weighted by atomic mass is 9.99. The Hall–Kier alpha value is -4.21. The van der Waals surface area contributed by atoms with E-state index in [1.54, 1.807) is 13.8 Å². The van der Waals surface area contributed by atoms with Gasteiger partial charge < -0.3 is 25.4 Å². The van der Waals surface area contributed by atoms with Gasteiger partial charge in [0.15, 0.2) is 5.75 Å². The zero-order valence-electron chi connectivity index (χ0n) is 24.5. The maximum absolute atomic E-state index is 13.7. The zero-order valence-corrected chi connectivity index (χ0v) is 25.3. The van der Waals surface area contributed by atoms with Crippen LogP contribution in [0, 0.1) is 11.7 Å². The number of carbonyl (C=O) groups is 2. The van der Waals surface area contributed by atoms with Gasteiger partial charge in [-0.1, -0.05) is 13.0 Å². The molecule has 0 radical (unpaired) electrons. The molecule has 0 saturated heterocycles. The molecule has 3 aromatic carbocycles. The second kappa shape index (κ2) is 13.4. The molecule has 0 saturated carbocycles. The molecule has 1 aliphatic heterocycles. The summed E-state index contributed by atoms with van der Waals surface area (Å²) in [5.74, 6) is -1.66. The first-order chi connectivity index (χ1) is 21.1. The number of anilines is 2. The van der Waals surface area contributed by atoms with Gasteiger partial charge in [-0.25, -0.2) is 17.6 Å². The van der Waals surface area contributed by atoms with Crippen molar-refractivity contribution < 1.29 is 45.4 Å². The van der Waals surface area contributed by atoms with E-state index >= 15 is 0 Å². The Labute approximate surface area is 257 Å². The van der Waals surface area contributed by atoms with Crippen molar-refractivity contribution in [2.45, 2.75) is 37.1 Å². The van der Waals surface area contributed by atoms with E-state index in [-0.39, 0.29) is 47.3 Å². The molecule has 3 N–H and O–H groups in total. The lowest BCUT2D eigenvalue weighted by Crippen LogP contribution is -2.50. The number of carbonyl (C=O) groups excluding carboxylic acids is 2. The highest BCUT2D eigenvalue weighted by Gasteiger charge is 2.36. The number of nitrogens with one attached hydrogen (secondary N) is 2. The fraction of sp³-hybridized carbons (Fsp3) is 0.333. The summed E-state index contributed by atoms with van der Waals surface area (Å²) in [5.41, 5.74) is -0.759. The number of aliphatic hydroxyl groups is 1. The molecule has 45 heavy (non-hydrogen) atoms. The molecule has 1 heterocycles. The molecule has 0 aromatic heterocycles. The number of rotatable bonds is 8. The van der Waals surface area contributed by atoms with Gasteiger partial charge in [-0.2, -0.15) is 17.5 Å². The second-order valence-corrected chi connectivity index (χ2v) is 12.7. The van der Waals surface area contributed by atoms with Crippen LogP contribution >= 0.6 is 0 Å². The van der Waals surface area contributed by atoms with Crippen molar-refractivity contribution in [3.05, 3.63) is 83.7 Å². The Morgan fingerprint density at radius 2 is 1.73 bits per heavy atom. The summed E-state index contributed by atoms with van der Waals surface area (Å²) in [4.78, 5) is 27.8. The molecule has 1 aliphatic rings. The smallest absolute Gasteiger partial charge is 0.416 e. The fourth-order valence-corrected chi connectivity index (χ4v) is 5.91. The summed E-state index contributed by atoms with van der Waals surface area (Å²) in [7, 11) is -2.75. The largest absolute Gasteiger partial charge is 0.486 e. The molecule has 0 fully saturated rings. The summed E-state index contributed by atoms with van der Waals surface area (Å²) < 4.78 is 86.1. The molecule has 10 nitrogen and oxygen atoms in total. The molecular formula is C30H32F4N4O6S. The van der Waals surface area contributed by atoms with E-state index in [1.807, 2.05) is 0 Å². The fourth-order valence-electron chi connectivity index (χ4n) is 4.72. The number of fused-ring (bicyclic) bond motifs is 1. The van der Waals surface area contributed by atoms with E-state index < -0.39 is 57.6 Å². The van der Waals surface area contributed by atoms with E-state index in [9.17, 15) is 40.7 Å². The first-order valence-corrected chi connectivity index (χ1v) is 15.2. The SMILES string of the molecule is C[C@@H]1CN([C@@H](C)CO)C(=O)c2cccc(NC(=O)Nc3ccc(C(F)(F)F)cc3)c2O[C@@H]1CN(C)S(=O)(=O)c1ccc(F)cc1. The summed E-state index contributed by atoms with van der Waals surface area (Å²) >= 11 is 0. The minimum Gasteiger partial charge on any atom is -0.486 e. The van der Waals surface area contributed by atoms with Crippen LogP contribution in [0.5, 0.6) is 5.75 Å². The molecule has 242 valence electrons. The molecule has 3 atom stereocenters. The van der Waals surface area contributed by atoms with Gasteiger partial charge in [0, 0.05) is 25.2 Å². The highest BCUT2D eigenvalue weighted by molar-refractivity contribution is 7.89. The van der Waals surface area contributed by atoms with Crippen LogP contribution in [-0.2, 0) is 16.2 Å². The van der Waals surface area contributed by atoms with Crippen LogP contribution in [0.4, 0.5) is 33.7 Å².